The van der Waals surface area contributed by atoms with Gasteiger partial charge in [0, 0.05) is 18.7 Å². The summed E-state index contributed by atoms with van der Waals surface area (Å²) in [7, 11) is 0. The van der Waals surface area contributed by atoms with Crippen molar-refractivity contribution >= 4 is 23.8 Å². The van der Waals surface area contributed by atoms with E-state index in [9.17, 15) is 28.8 Å². The second-order valence-electron chi connectivity index (χ2n) is 5.36. The van der Waals surface area contributed by atoms with E-state index in [2.05, 4.69) is 10.6 Å². The minimum atomic E-state index is -1.42. The van der Waals surface area contributed by atoms with Gasteiger partial charge in [-0.3, -0.25) is 28.7 Å². The van der Waals surface area contributed by atoms with Gasteiger partial charge in [0.1, 0.15) is 18.6 Å². The lowest BCUT2D eigenvalue weighted by molar-refractivity contribution is -0.143. The van der Waals surface area contributed by atoms with Crippen molar-refractivity contribution in [2.75, 3.05) is 0 Å². The summed E-state index contributed by atoms with van der Waals surface area (Å²) >= 11 is 0. The van der Waals surface area contributed by atoms with Crippen molar-refractivity contribution in [1.29, 1.82) is 0 Å². The summed E-state index contributed by atoms with van der Waals surface area (Å²) in [6.07, 6.45) is 0.342. The van der Waals surface area contributed by atoms with Gasteiger partial charge in [-0.05, 0) is 13.3 Å². The van der Waals surface area contributed by atoms with E-state index in [4.69, 9.17) is 10.2 Å². The second kappa shape index (κ2) is 9.15. The molecule has 0 fully saturated rings. The molecule has 0 bridgehead atoms. The Kier molecular flexibility index (Phi) is 7.25. The number of carbonyl (C=O) groups excluding carboxylic acids is 2. The average molecular weight is 370 g/mol. The fraction of sp³-hybridized carbons (Fsp3) is 0.429. The molecule has 5 N–H and O–H groups in total. The summed E-state index contributed by atoms with van der Waals surface area (Å²) in [4.78, 5) is 69.7. The maximum absolute atomic E-state index is 11.9. The third-order valence-corrected chi connectivity index (χ3v) is 3.24. The molecule has 1 aromatic heterocycles. The molecule has 0 radical (unpaired) electrons. The number of aliphatic carboxylic acids is 2. The number of hydrogen-bond donors (Lipinski definition) is 5. The van der Waals surface area contributed by atoms with Crippen LogP contribution in [0, 0.1) is 0 Å². The van der Waals surface area contributed by atoms with Crippen molar-refractivity contribution in [3.63, 3.8) is 0 Å². The number of hydrogen-bond acceptors (Lipinski definition) is 6. The minimum Gasteiger partial charge on any atom is -0.481 e. The molecular formula is C14H18N4O8. The molecule has 0 aliphatic heterocycles. The smallest absolute Gasteiger partial charge is 0.328 e. The van der Waals surface area contributed by atoms with Gasteiger partial charge in [-0.15, -0.1) is 0 Å². The van der Waals surface area contributed by atoms with Gasteiger partial charge in [-0.2, -0.15) is 0 Å². The van der Waals surface area contributed by atoms with E-state index in [0.29, 0.717) is 0 Å². The van der Waals surface area contributed by atoms with Crippen LogP contribution in [0.2, 0.25) is 0 Å². The lowest BCUT2D eigenvalue weighted by Crippen LogP contribution is -2.51. The molecule has 2 amide bonds. The van der Waals surface area contributed by atoms with Crippen LogP contribution in [-0.2, 0) is 25.7 Å². The van der Waals surface area contributed by atoms with Crippen molar-refractivity contribution < 1.29 is 29.4 Å². The summed E-state index contributed by atoms with van der Waals surface area (Å²) in [6, 6.07) is -1.50. The van der Waals surface area contributed by atoms with Crippen LogP contribution >= 0.6 is 0 Å². The van der Waals surface area contributed by atoms with E-state index in [-0.39, 0.29) is 6.42 Å². The highest BCUT2D eigenvalue weighted by Gasteiger charge is 2.24. The highest BCUT2D eigenvalue weighted by molar-refractivity contribution is 5.90. The first-order valence-corrected chi connectivity index (χ1v) is 7.44. The van der Waals surface area contributed by atoms with Gasteiger partial charge >= 0.3 is 17.6 Å². The zero-order valence-electron chi connectivity index (χ0n) is 13.7. The summed E-state index contributed by atoms with van der Waals surface area (Å²) < 4.78 is 0.911. The van der Waals surface area contributed by atoms with Crippen molar-refractivity contribution in [2.45, 2.75) is 38.4 Å². The van der Waals surface area contributed by atoms with Crippen LogP contribution in [0.3, 0.4) is 0 Å². The van der Waals surface area contributed by atoms with Gasteiger partial charge in [-0.1, -0.05) is 0 Å². The highest BCUT2D eigenvalue weighted by atomic mass is 16.4. The summed E-state index contributed by atoms with van der Waals surface area (Å²) in [6.45, 7) is 0.827. The van der Waals surface area contributed by atoms with Crippen molar-refractivity contribution in [3.05, 3.63) is 33.1 Å². The van der Waals surface area contributed by atoms with E-state index in [0.717, 1.165) is 16.8 Å². The predicted octanol–water partition coefficient (Wildman–Crippen LogP) is -2.52. The van der Waals surface area contributed by atoms with Crippen LogP contribution in [-0.4, -0.2) is 55.6 Å². The summed E-state index contributed by atoms with van der Waals surface area (Å²) in [5.41, 5.74) is -1.43. The fourth-order valence-corrected chi connectivity index (χ4v) is 1.90. The summed E-state index contributed by atoms with van der Waals surface area (Å²) in [5.74, 6) is -4.17. The molecule has 0 aliphatic carbocycles. The van der Waals surface area contributed by atoms with E-state index in [1.807, 2.05) is 4.98 Å². The molecule has 0 saturated carbocycles. The monoisotopic (exact) mass is 370 g/mol. The minimum absolute atomic E-state index is 0.316. The van der Waals surface area contributed by atoms with Crippen LogP contribution in [0.4, 0.5) is 0 Å². The SMILES string of the molecule is C[C@H](NC(=O)Cn1ccc(=O)[nH]c1=O)C(=O)N[C@@H](CCC(=O)O)C(=O)O. The first-order valence-electron chi connectivity index (χ1n) is 7.44. The number of nitrogens with one attached hydrogen (secondary N) is 3. The zero-order chi connectivity index (χ0) is 19.9. The maximum Gasteiger partial charge on any atom is 0.328 e. The van der Waals surface area contributed by atoms with Crippen molar-refractivity contribution in [3.8, 4) is 0 Å². The van der Waals surface area contributed by atoms with Gasteiger partial charge in [0.25, 0.3) is 5.56 Å². The normalized spacial score (nSPS) is 12.7. The van der Waals surface area contributed by atoms with Gasteiger partial charge < -0.3 is 20.8 Å². The number of amides is 2. The van der Waals surface area contributed by atoms with Crippen LogP contribution in [0.15, 0.2) is 21.9 Å². The third kappa shape index (κ3) is 6.59. The fourth-order valence-electron chi connectivity index (χ4n) is 1.90. The Morgan fingerprint density at radius 3 is 2.38 bits per heavy atom. The molecule has 0 spiro atoms. The Labute approximate surface area is 145 Å². The van der Waals surface area contributed by atoms with Gasteiger partial charge in [0.15, 0.2) is 0 Å². The molecule has 0 aromatic carbocycles. The summed E-state index contributed by atoms with van der Waals surface area (Å²) in [5, 5.41) is 22.0. The van der Waals surface area contributed by atoms with Gasteiger partial charge in [0.2, 0.25) is 11.8 Å². The molecule has 0 unspecified atom stereocenters. The number of carbonyl (C=O) groups is 4. The first-order chi connectivity index (χ1) is 12.1. The maximum atomic E-state index is 11.9. The van der Waals surface area contributed by atoms with Gasteiger partial charge in [0.05, 0.1) is 0 Å². The number of rotatable bonds is 9. The largest absolute Gasteiger partial charge is 0.481 e. The van der Waals surface area contributed by atoms with Gasteiger partial charge in [-0.25, -0.2) is 9.59 Å². The molecule has 26 heavy (non-hydrogen) atoms. The standard InChI is InChI=1S/C14H18N4O8/c1-7(12(23)16-8(13(24)25)2-3-11(21)22)15-10(20)6-18-5-4-9(19)17-14(18)26/h4-5,7-8H,2-3,6H2,1H3,(H,15,20)(H,16,23)(H,21,22)(H,24,25)(H,17,19,26)/t7-,8-/m0/s1. The molecular weight excluding hydrogens is 352 g/mol. The number of nitrogens with zero attached hydrogens (tertiary/aromatic N) is 1. The Morgan fingerprint density at radius 1 is 1.19 bits per heavy atom. The van der Waals surface area contributed by atoms with E-state index in [1.165, 1.54) is 6.92 Å². The highest BCUT2D eigenvalue weighted by Crippen LogP contribution is 1.99. The molecule has 0 saturated heterocycles. The van der Waals surface area contributed by atoms with Crippen LogP contribution in [0.5, 0.6) is 0 Å². The predicted molar refractivity (Wildman–Crippen MR) is 85.4 cm³/mol. The van der Waals surface area contributed by atoms with Crippen LogP contribution < -0.4 is 21.9 Å². The molecule has 1 aromatic rings. The quantitative estimate of drug-likeness (QED) is 0.315. The topological polar surface area (TPSA) is 188 Å². The average Bonchev–Trinajstić information content (AvgIpc) is 2.53. The Balaban J connectivity index is 2.62. The molecule has 2 atom stereocenters. The van der Waals surface area contributed by atoms with Crippen molar-refractivity contribution in [1.82, 2.24) is 20.2 Å². The molecule has 12 nitrogen and oxygen atoms in total. The van der Waals surface area contributed by atoms with E-state index >= 15 is 0 Å². The first kappa shape index (κ1) is 20.6. The molecule has 1 heterocycles. The Morgan fingerprint density at radius 2 is 1.85 bits per heavy atom. The Hall–Kier alpha value is -3.44. The lowest BCUT2D eigenvalue weighted by atomic mass is 10.1. The number of H-pyrrole nitrogens is 1. The molecule has 142 valence electrons. The Bertz CT molecular complexity index is 812. The van der Waals surface area contributed by atoms with E-state index in [1.54, 1.807) is 0 Å². The number of aromatic nitrogens is 2. The van der Waals surface area contributed by atoms with Crippen LogP contribution in [0.1, 0.15) is 19.8 Å². The van der Waals surface area contributed by atoms with Crippen molar-refractivity contribution in [2.24, 2.45) is 0 Å². The number of carboxylic acids is 2. The lowest BCUT2D eigenvalue weighted by Gasteiger charge is -2.18. The molecule has 1 rings (SSSR count). The van der Waals surface area contributed by atoms with Crippen LogP contribution in [0.25, 0.3) is 0 Å². The second-order valence-corrected chi connectivity index (χ2v) is 5.36. The molecule has 12 heteroatoms. The van der Waals surface area contributed by atoms with E-state index < -0.39 is 60.1 Å². The number of carboxylic acid groups (broad SMARTS) is 2. The number of aromatic amines is 1. The zero-order valence-corrected chi connectivity index (χ0v) is 13.7. The molecule has 0 aliphatic rings. The third-order valence-electron chi connectivity index (χ3n) is 3.24.